The number of benzene rings is 1. The third kappa shape index (κ3) is 10.5. The molecule has 4 aliphatic rings. The Balaban J connectivity index is 1.34. The first kappa shape index (κ1) is 41.1. The Kier molecular flexibility index (Phi) is 14.4. The number of nitrogens with zero attached hydrogens (tertiary/aromatic N) is 3. The molecule has 0 spiro atoms. The molecule has 6 atom stereocenters. The van der Waals surface area contributed by atoms with Crippen LogP contribution in [-0.2, 0) is 25.7 Å². The first-order valence-corrected chi connectivity index (χ1v) is 19.3. The Morgan fingerprint density at radius 1 is 0.963 bits per heavy atom. The third-order valence-corrected chi connectivity index (χ3v) is 10.8. The average Bonchev–Trinajstić information content (AvgIpc) is 3.61. The summed E-state index contributed by atoms with van der Waals surface area (Å²) in [6.45, 7) is 3.71. The zero-order valence-corrected chi connectivity index (χ0v) is 31.3. The Bertz CT molecular complexity index is 1590. The summed E-state index contributed by atoms with van der Waals surface area (Å²) in [7, 11) is 0. The van der Waals surface area contributed by atoms with Gasteiger partial charge >= 0.3 is 5.97 Å². The highest BCUT2D eigenvalue weighted by Gasteiger charge is 2.54. The standard InChI is InChI=1S/C38H56N6O10/c1-23-17-26-18-24(2)34(23)53-16-10-15-39-30(47)13-8-3-4-9-14-38(37(51)52)19-28(45)32(35(54-38)33(49)29(46)20-40-36(26)50)41-31(48)22-44-21-27(42-43-44)25-11-6-5-7-12-25/h17-18,21,25,28-29,32-33,35,45-46,49H,3-16,19-20,22H2,1-2H3,(H,39,47)(H,40,50)(H,41,48)(H,51,52)/t28-,29+,32+,33+,35?,38+/m0/s1. The van der Waals surface area contributed by atoms with E-state index in [2.05, 4.69) is 26.3 Å². The molecule has 2 aromatic rings. The second kappa shape index (κ2) is 19.0. The molecule has 4 bridgehead atoms. The van der Waals surface area contributed by atoms with Crippen molar-refractivity contribution in [1.29, 1.82) is 0 Å². The number of carboxylic acids is 1. The SMILES string of the molecule is Cc1cc2cc(C)c1OCCCNC(=O)CCCCCC[C@]1(C(=O)O)C[C@H](O)[C@@H](NC(=O)Cn3cc(C4CCCCC4)nn3)C(O1)[C@H](O)[C@H](O)CNC2=O. The van der Waals surface area contributed by atoms with E-state index in [4.69, 9.17) is 9.47 Å². The van der Waals surface area contributed by atoms with Gasteiger partial charge in [0.1, 0.15) is 24.5 Å². The number of aryl methyl sites for hydroxylation is 2. The summed E-state index contributed by atoms with van der Waals surface area (Å²) in [6.07, 6.45) is 3.23. The maximum Gasteiger partial charge on any atom is 0.336 e. The van der Waals surface area contributed by atoms with Gasteiger partial charge in [-0.2, -0.15) is 0 Å². The van der Waals surface area contributed by atoms with E-state index in [9.17, 15) is 39.6 Å². The van der Waals surface area contributed by atoms with E-state index in [1.807, 2.05) is 0 Å². The molecule has 4 heterocycles. The van der Waals surface area contributed by atoms with Gasteiger partial charge in [0.25, 0.3) is 5.91 Å². The summed E-state index contributed by atoms with van der Waals surface area (Å²) in [5, 5.41) is 61.2. The summed E-state index contributed by atoms with van der Waals surface area (Å²) >= 11 is 0. The largest absolute Gasteiger partial charge is 0.493 e. The van der Waals surface area contributed by atoms with Gasteiger partial charge in [0.15, 0.2) is 5.60 Å². The molecule has 7 N–H and O–H groups in total. The molecule has 3 aliphatic heterocycles. The molecule has 1 unspecified atom stereocenters. The number of ether oxygens (including phenoxy) is 2. The van der Waals surface area contributed by atoms with Crippen molar-refractivity contribution in [3.63, 3.8) is 0 Å². The van der Waals surface area contributed by atoms with Crippen molar-refractivity contribution in [3.05, 3.63) is 40.7 Å². The van der Waals surface area contributed by atoms with Crippen molar-refractivity contribution in [2.45, 2.75) is 146 Å². The number of carboxylic acid groups (broad SMARTS) is 1. The molecule has 298 valence electrons. The van der Waals surface area contributed by atoms with E-state index >= 15 is 0 Å². The van der Waals surface area contributed by atoms with Gasteiger partial charge in [-0.3, -0.25) is 14.4 Å². The predicted octanol–water partition coefficient (Wildman–Crippen LogP) is 1.79. The number of aromatic nitrogens is 3. The van der Waals surface area contributed by atoms with Gasteiger partial charge in [-0.25, -0.2) is 9.48 Å². The first-order valence-electron chi connectivity index (χ1n) is 19.3. The van der Waals surface area contributed by atoms with Gasteiger partial charge in [0.2, 0.25) is 11.8 Å². The van der Waals surface area contributed by atoms with Crippen LogP contribution in [0, 0.1) is 13.8 Å². The van der Waals surface area contributed by atoms with E-state index in [0.29, 0.717) is 74.1 Å². The highest BCUT2D eigenvalue weighted by atomic mass is 16.6. The molecule has 1 saturated carbocycles. The summed E-state index contributed by atoms with van der Waals surface area (Å²) in [4.78, 5) is 51.8. The smallest absolute Gasteiger partial charge is 0.336 e. The highest BCUT2D eigenvalue weighted by Crippen LogP contribution is 2.37. The van der Waals surface area contributed by atoms with Crippen LogP contribution in [0.1, 0.15) is 117 Å². The third-order valence-electron chi connectivity index (χ3n) is 10.8. The van der Waals surface area contributed by atoms with Crippen LogP contribution in [0.3, 0.4) is 0 Å². The van der Waals surface area contributed by atoms with E-state index in [1.165, 1.54) is 11.1 Å². The number of aliphatic hydroxyl groups is 3. The van der Waals surface area contributed by atoms with E-state index in [0.717, 1.165) is 31.4 Å². The Labute approximate surface area is 315 Å². The number of aliphatic hydroxyl groups excluding tert-OH is 3. The lowest BCUT2D eigenvalue weighted by Gasteiger charge is -2.47. The van der Waals surface area contributed by atoms with Crippen molar-refractivity contribution in [1.82, 2.24) is 30.9 Å². The topological polar surface area (TPSA) is 234 Å². The molecule has 16 nitrogen and oxygen atoms in total. The highest BCUT2D eigenvalue weighted by molar-refractivity contribution is 5.95. The number of aliphatic carboxylic acids is 1. The van der Waals surface area contributed by atoms with Crippen molar-refractivity contribution >= 4 is 23.7 Å². The van der Waals surface area contributed by atoms with Crippen molar-refractivity contribution in [2.75, 3.05) is 19.7 Å². The molecule has 0 radical (unpaired) electrons. The van der Waals surface area contributed by atoms with Crippen LogP contribution in [0.2, 0.25) is 0 Å². The molecule has 1 aliphatic carbocycles. The summed E-state index contributed by atoms with van der Waals surface area (Å²) in [5.41, 5.74) is 0.576. The van der Waals surface area contributed by atoms with Crippen LogP contribution in [0.5, 0.6) is 5.75 Å². The fraction of sp³-hybridized carbons (Fsp3) is 0.684. The van der Waals surface area contributed by atoms with Crippen LogP contribution in [0.25, 0.3) is 0 Å². The number of hydrogen-bond acceptors (Lipinski definition) is 11. The fourth-order valence-corrected chi connectivity index (χ4v) is 7.85. The molecule has 1 aromatic heterocycles. The van der Waals surface area contributed by atoms with Gasteiger partial charge in [0.05, 0.1) is 30.6 Å². The van der Waals surface area contributed by atoms with Crippen molar-refractivity contribution < 1.29 is 49.1 Å². The molecular weight excluding hydrogens is 700 g/mol. The minimum Gasteiger partial charge on any atom is -0.493 e. The second-order valence-corrected chi connectivity index (χ2v) is 15.1. The zero-order valence-electron chi connectivity index (χ0n) is 31.3. The molecule has 1 aromatic carbocycles. The number of nitrogens with one attached hydrogen (secondary N) is 3. The number of rotatable bonds is 5. The Morgan fingerprint density at radius 2 is 1.67 bits per heavy atom. The van der Waals surface area contributed by atoms with Crippen LogP contribution >= 0.6 is 0 Å². The van der Waals surface area contributed by atoms with Crippen molar-refractivity contribution in [2.24, 2.45) is 0 Å². The molecule has 3 amide bonds. The number of carbonyl (C=O) groups is 4. The summed E-state index contributed by atoms with van der Waals surface area (Å²) in [6, 6.07) is 1.96. The number of hydrogen-bond donors (Lipinski definition) is 7. The minimum absolute atomic E-state index is 0.0279. The maximum absolute atomic E-state index is 13.4. The fourth-order valence-electron chi connectivity index (χ4n) is 7.85. The number of amides is 3. The van der Waals surface area contributed by atoms with E-state index in [1.54, 1.807) is 32.2 Å². The first-order chi connectivity index (χ1) is 25.9. The minimum atomic E-state index is -1.94. The molecule has 54 heavy (non-hydrogen) atoms. The summed E-state index contributed by atoms with van der Waals surface area (Å²) in [5.74, 6) is -1.68. The lowest BCUT2D eigenvalue weighted by Crippen LogP contribution is -2.67. The van der Waals surface area contributed by atoms with E-state index < -0.39 is 60.4 Å². The maximum atomic E-state index is 13.4. The van der Waals surface area contributed by atoms with Gasteiger partial charge in [-0.1, -0.05) is 37.3 Å². The molecule has 6 rings (SSSR count). The lowest BCUT2D eigenvalue weighted by molar-refractivity contribution is -0.229. The van der Waals surface area contributed by atoms with Crippen LogP contribution in [0.4, 0.5) is 0 Å². The number of fused-ring (bicyclic) bond motifs is 17. The van der Waals surface area contributed by atoms with Gasteiger partial charge < -0.3 is 45.9 Å². The molecular formula is C38H56N6O10. The summed E-state index contributed by atoms with van der Waals surface area (Å²) < 4.78 is 13.5. The number of carbonyl (C=O) groups excluding carboxylic acids is 3. The van der Waals surface area contributed by atoms with E-state index in [-0.39, 0.29) is 31.2 Å². The van der Waals surface area contributed by atoms with Crippen LogP contribution in [0.15, 0.2) is 18.3 Å². The predicted molar refractivity (Wildman–Crippen MR) is 195 cm³/mol. The molecule has 1 saturated heterocycles. The lowest BCUT2D eigenvalue weighted by atomic mass is 9.80. The van der Waals surface area contributed by atoms with Crippen LogP contribution < -0.4 is 20.7 Å². The normalized spacial score (nSPS) is 28.6. The average molecular weight is 757 g/mol. The van der Waals surface area contributed by atoms with Gasteiger partial charge in [-0.05, 0) is 75.6 Å². The monoisotopic (exact) mass is 756 g/mol. The van der Waals surface area contributed by atoms with Crippen LogP contribution in [-0.4, -0.2) is 115 Å². The molecule has 16 heteroatoms. The van der Waals surface area contributed by atoms with Gasteiger partial charge in [0, 0.05) is 43.6 Å². The van der Waals surface area contributed by atoms with Gasteiger partial charge in [-0.15, -0.1) is 5.10 Å². The quantitative estimate of drug-likeness (QED) is 0.231. The molecule has 2 fully saturated rings. The Hall–Kier alpha value is -4.12. The zero-order chi connectivity index (χ0) is 38.8. The van der Waals surface area contributed by atoms with Crippen molar-refractivity contribution in [3.8, 4) is 5.75 Å². The second-order valence-electron chi connectivity index (χ2n) is 15.1. The Morgan fingerprint density at radius 3 is 2.39 bits per heavy atom.